The Bertz CT molecular complexity index is 686. The lowest BCUT2D eigenvalue weighted by Gasteiger charge is -2.23. The highest BCUT2D eigenvalue weighted by molar-refractivity contribution is 5.76. The molecule has 0 aliphatic heterocycles. The maximum absolute atomic E-state index is 12.0. The zero-order valence-corrected chi connectivity index (χ0v) is 15.1. The second-order valence-electron chi connectivity index (χ2n) is 7.18. The van der Waals surface area contributed by atoms with Crippen LogP contribution >= 0.6 is 0 Å². The van der Waals surface area contributed by atoms with Crippen molar-refractivity contribution in [2.75, 3.05) is 11.9 Å². The summed E-state index contributed by atoms with van der Waals surface area (Å²) in [5, 5.41) is 6.39. The highest BCUT2D eigenvalue weighted by Crippen LogP contribution is 2.29. The fourth-order valence-electron chi connectivity index (χ4n) is 2.69. The van der Waals surface area contributed by atoms with Crippen LogP contribution in [0.3, 0.4) is 0 Å². The molecule has 3 heteroatoms. The van der Waals surface area contributed by atoms with Crippen LogP contribution in [-0.4, -0.2) is 12.5 Å². The smallest absolute Gasteiger partial charge is 0.222 e. The Labute approximate surface area is 145 Å². The predicted molar refractivity (Wildman–Crippen MR) is 101 cm³/mol. The van der Waals surface area contributed by atoms with E-state index in [9.17, 15) is 4.79 Å². The highest BCUT2D eigenvalue weighted by Gasteiger charge is 2.17. The maximum atomic E-state index is 12.0. The summed E-state index contributed by atoms with van der Waals surface area (Å²) in [5.74, 6) is 0.0685. The van der Waals surface area contributed by atoms with E-state index >= 15 is 0 Å². The molecule has 128 valence electrons. The molecule has 0 unspecified atom stereocenters. The molecule has 2 rings (SSSR count). The molecule has 1 amide bonds. The van der Waals surface area contributed by atoms with Gasteiger partial charge in [0.05, 0.1) is 0 Å². The van der Waals surface area contributed by atoms with Gasteiger partial charge in [0.2, 0.25) is 5.91 Å². The number of carbonyl (C=O) groups is 1. The van der Waals surface area contributed by atoms with Crippen LogP contribution in [0.15, 0.2) is 48.5 Å². The van der Waals surface area contributed by atoms with Gasteiger partial charge in [0.25, 0.3) is 0 Å². The molecule has 0 spiro atoms. The van der Waals surface area contributed by atoms with Gasteiger partial charge < -0.3 is 10.6 Å². The van der Waals surface area contributed by atoms with E-state index in [0.717, 1.165) is 11.3 Å². The molecular weight excluding hydrogens is 296 g/mol. The third-order valence-electron chi connectivity index (χ3n) is 4.14. The van der Waals surface area contributed by atoms with Crippen LogP contribution in [-0.2, 0) is 16.8 Å². The molecule has 0 radical (unpaired) electrons. The first kappa shape index (κ1) is 18.1. The van der Waals surface area contributed by atoms with Gasteiger partial charge in [-0.05, 0) is 35.1 Å². The fraction of sp³-hybridized carbons (Fsp3) is 0.381. The van der Waals surface area contributed by atoms with Crippen molar-refractivity contribution >= 4 is 11.6 Å². The minimum Gasteiger partial charge on any atom is -0.384 e. The summed E-state index contributed by atoms with van der Waals surface area (Å²) in [6, 6.07) is 16.4. The second kappa shape index (κ2) is 8.00. The molecule has 0 atom stereocenters. The van der Waals surface area contributed by atoms with Crippen LogP contribution in [0.4, 0.5) is 5.69 Å². The molecule has 2 aromatic carbocycles. The summed E-state index contributed by atoms with van der Waals surface area (Å²) in [5.41, 5.74) is 4.82. The molecule has 2 N–H and O–H groups in total. The van der Waals surface area contributed by atoms with E-state index < -0.39 is 0 Å². The van der Waals surface area contributed by atoms with Gasteiger partial charge in [-0.15, -0.1) is 0 Å². The number of amides is 1. The van der Waals surface area contributed by atoms with Crippen molar-refractivity contribution < 1.29 is 4.79 Å². The quantitative estimate of drug-likeness (QED) is 0.826. The number of para-hydroxylation sites is 1. The van der Waals surface area contributed by atoms with Crippen LogP contribution in [0.25, 0.3) is 0 Å². The summed E-state index contributed by atoms with van der Waals surface area (Å²) in [7, 11) is 0. The van der Waals surface area contributed by atoms with Crippen molar-refractivity contribution in [2.24, 2.45) is 0 Å². The first-order chi connectivity index (χ1) is 11.4. The molecule has 2 aromatic rings. The summed E-state index contributed by atoms with van der Waals surface area (Å²) in [6.07, 6.45) is 0.463. The van der Waals surface area contributed by atoms with Gasteiger partial charge in [0.15, 0.2) is 0 Å². The van der Waals surface area contributed by atoms with Crippen molar-refractivity contribution in [3.8, 4) is 0 Å². The summed E-state index contributed by atoms with van der Waals surface area (Å²) >= 11 is 0. The Morgan fingerprint density at radius 3 is 2.38 bits per heavy atom. The lowest BCUT2D eigenvalue weighted by molar-refractivity contribution is -0.121. The minimum absolute atomic E-state index is 0.0685. The van der Waals surface area contributed by atoms with E-state index in [2.05, 4.69) is 62.6 Å². The van der Waals surface area contributed by atoms with Crippen LogP contribution in [0, 0.1) is 6.92 Å². The maximum Gasteiger partial charge on any atom is 0.222 e. The third kappa shape index (κ3) is 5.12. The number of hydrogen-bond donors (Lipinski definition) is 2. The van der Waals surface area contributed by atoms with Gasteiger partial charge in [-0.25, -0.2) is 0 Å². The molecule has 0 aliphatic rings. The zero-order chi connectivity index (χ0) is 17.6. The molecule has 0 saturated heterocycles. The summed E-state index contributed by atoms with van der Waals surface area (Å²) < 4.78 is 0. The lowest BCUT2D eigenvalue weighted by atomic mass is 9.86. The fourth-order valence-corrected chi connectivity index (χ4v) is 2.69. The monoisotopic (exact) mass is 324 g/mol. The van der Waals surface area contributed by atoms with Gasteiger partial charge >= 0.3 is 0 Å². The number of aryl methyl sites for hydroxylation is 1. The van der Waals surface area contributed by atoms with E-state index in [1.165, 1.54) is 11.1 Å². The molecule has 0 heterocycles. The normalized spacial score (nSPS) is 11.2. The van der Waals surface area contributed by atoms with Gasteiger partial charge in [0, 0.05) is 25.2 Å². The van der Waals surface area contributed by atoms with Crippen LogP contribution in [0.2, 0.25) is 0 Å². The van der Waals surface area contributed by atoms with Crippen LogP contribution in [0.5, 0.6) is 0 Å². The Hall–Kier alpha value is -2.29. The van der Waals surface area contributed by atoms with Gasteiger partial charge in [-0.3, -0.25) is 4.79 Å². The minimum atomic E-state index is 0.0685. The number of hydrogen-bond acceptors (Lipinski definition) is 2. The third-order valence-corrected chi connectivity index (χ3v) is 4.14. The Morgan fingerprint density at radius 2 is 1.67 bits per heavy atom. The van der Waals surface area contributed by atoms with E-state index in [1.54, 1.807) is 0 Å². The van der Waals surface area contributed by atoms with Gasteiger partial charge in [0.1, 0.15) is 0 Å². The number of rotatable bonds is 6. The van der Waals surface area contributed by atoms with Crippen LogP contribution in [0.1, 0.15) is 43.9 Å². The summed E-state index contributed by atoms with van der Waals surface area (Å²) in [4.78, 5) is 12.0. The Morgan fingerprint density at radius 1 is 1.00 bits per heavy atom. The van der Waals surface area contributed by atoms with Crippen molar-refractivity contribution in [3.63, 3.8) is 0 Å². The molecule has 24 heavy (non-hydrogen) atoms. The molecule has 0 aliphatic carbocycles. The molecule has 0 fully saturated rings. The molecule has 0 bridgehead atoms. The first-order valence-corrected chi connectivity index (χ1v) is 8.52. The first-order valence-electron chi connectivity index (χ1n) is 8.52. The highest BCUT2D eigenvalue weighted by atomic mass is 16.1. The van der Waals surface area contributed by atoms with E-state index in [4.69, 9.17) is 0 Å². The molecule has 0 aromatic heterocycles. The van der Waals surface area contributed by atoms with Crippen molar-refractivity contribution in [2.45, 2.75) is 46.1 Å². The molecule has 0 saturated carbocycles. The summed E-state index contributed by atoms with van der Waals surface area (Å²) in [6.45, 7) is 9.87. The number of nitrogens with one attached hydrogen (secondary N) is 2. The average molecular weight is 324 g/mol. The van der Waals surface area contributed by atoms with Crippen molar-refractivity contribution in [1.82, 2.24) is 5.32 Å². The SMILES string of the molecule is Cc1ccccc1CNC(=O)CCNc1ccccc1C(C)(C)C. The second-order valence-corrected chi connectivity index (χ2v) is 7.18. The lowest BCUT2D eigenvalue weighted by Crippen LogP contribution is -2.25. The van der Waals surface area contributed by atoms with E-state index in [1.807, 2.05) is 24.3 Å². The predicted octanol–water partition coefficient (Wildman–Crippen LogP) is 4.41. The molecule has 3 nitrogen and oxygen atoms in total. The van der Waals surface area contributed by atoms with E-state index in [0.29, 0.717) is 19.5 Å². The van der Waals surface area contributed by atoms with Crippen molar-refractivity contribution in [3.05, 3.63) is 65.2 Å². The average Bonchev–Trinajstić information content (AvgIpc) is 2.53. The Kier molecular flexibility index (Phi) is 6.02. The van der Waals surface area contributed by atoms with E-state index in [-0.39, 0.29) is 11.3 Å². The van der Waals surface area contributed by atoms with Gasteiger partial charge in [-0.2, -0.15) is 0 Å². The number of benzene rings is 2. The topological polar surface area (TPSA) is 41.1 Å². The Balaban J connectivity index is 1.82. The van der Waals surface area contributed by atoms with Gasteiger partial charge in [-0.1, -0.05) is 63.2 Å². The van der Waals surface area contributed by atoms with Crippen molar-refractivity contribution in [1.29, 1.82) is 0 Å². The number of carbonyl (C=O) groups excluding carboxylic acids is 1. The standard InChI is InChI=1S/C21H28N2O/c1-16-9-5-6-10-17(16)15-23-20(24)13-14-22-19-12-8-7-11-18(19)21(2,3)4/h5-12,22H,13-15H2,1-4H3,(H,23,24). The zero-order valence-electron chi connectivity index (χ0n) is 15.1. The van der Waals surface area contributed by atoms with Crippen LogP contribution < -0.4 is 10.6 Å². The number of anilines is 1. The molecular formula is C21H28N2O. The largest absolute Gasteiger partial charge is 0.384 e.